The number of hydrogen-bond donors (Lipinski definition) is 1. The second-order valence-electron chi connectivity index (χ2n) is 1.70. The summed E-state index contributed by atoms with van der Waals surface area (Å²) in [7, 11) is -3.90. The third-order valence-corrected chi connectivity index (χ3v) is 1.88. The van der Waals surface area contributed by atoms with Crippen molar-refractivity contribution in [3.63, 3.8) is 0 Å². The molecule has 0 heterocycles. The normalized spacial score (nSPS) is 13.9. The maximum absolute atomic E-state index is 10.2. The highest BCUT2D eigenvalue weighted by Gasteiger charge is 2.04. The second kappa shape index (κ2) is 2.98. The monoisotopic (exact) mass is 150 g/mol. The maximum atomic E-state index is 10.2. The zero-order valence-electron chi connectivity index (χ0n) is 5.46. The molecule has 0 unspecified atom stereocenters. The van der Waals surface area contributed by atoms with Crippen molar-refractivity contribution in [2.75, 3.05) is 0 Å². The molecule has 0 saturated carbocycles. The lowest BCUT2D eigenvalue weighted by molar-refractivity contribution is 0.491. The van der Waals surface area contributed by atoms with Crippen LogP contribution in [0.4, 0.5) is 0 Å². The fourth-order valence-electron chi connectivity index (χ4n) is 0.393. The van der Waals surface area contributed by atoms with E-state index < -0.39 is 10.1 Å². The lowest BCUT2D eigenvalue weighted by Crippen LogP contribution is -1.97. The Bertz CT molecular complexity index is 200. The van der Waals surface area contributed by atoms with Crippen LogP contribution in [0.25, 0.3) is 0 Å². The summed E-state index contributed by atoms with van der Waals surface area (Å²) in [5.74, 6) is 0. The molecule has 0 bridgehead atoms. The molecule has 0 aliphatic rings. The molecule has 0 aromatic carbocycles. The van der Waals surface area contributed by atoms with Gasteiger partial charge in [0.2, 0.25) is 0 Å². The Balaban J connectivity index is 4.41. The zero-order chi connectivity index (χ0) is 7.49. The number of allylic oxidation sites excluding steroid dienone is 2. The van der Waals surface area contributed by atoms with E-state index in [1.807, 2.05) is 0 Å². The quantitative estimate of drug-likeness (QED) is 0.601. The van der Waals surface area contributed by atoms with Crippen LogP contribution in [-0.2, 0) is 10.1 Å². The van der Waals surface area contributed by atoms with Crippen molar-refractivity contribution < 1.29 is 13.0 Å². The molecule has 9 heavy (non-hydrogen) atoms. The fraction of sp³-hybridized carbons (Fsp3) is 0.600. The number of rotatable bonds is 2. The second-order valence-corrected chi connectivity index (χ2v) is 3.29. The molecule has 0 spiro atoms. The van der Waals surface area contributed by atoms with Crippen LogP contribution in [0.1, 0.15) is 20.3 Å². The largest absolute Gasteiger partial charge is 0.290 e. The molecule has 4 heteroatoms. The molecule has 0 rings (SSSR count). The summed E-state index contributed by atoms with van der Waals surface area (Å²) in [5.41, 5.74) is 0. The van der Waals surface area contributed by atoms with Crippen molar-refractivity contribution in [3.8, 4) is 0 Å². The van der Waals surface area contributed by atoms with Crippen LogP contribution in [0.5, 0.6) is 0 Å². The van der Waals surface area contributed by atoms with E-state index in [4.69, 9.17) is 4.55 Å². The predicted molar refractivity (Wildman–Crippen MR) is 35.6 cm³/mol. The van der Waals surface area contributed by atoms with Crippen LogP contribution in [0.2, 0.25) is 0 Å². The van der Waals surface area contributed by atoms with E-state index >= 15 is 0 Å². The summed E-state index contributed by atoms with van der Waals surface area (Å²) in [6.45, 7) is 3.16. The highest BCUT2D eigenvalue weighted by molar-refractivity contribution is 7.89. The molecular weight excluding hydrogens is 140 g/mol. The summed E-state index contributed by atoms with van der Waals surface area (Å²) < 4.78 is 28.7. The SMILES string of the molecule is CCC=C(C)S(=O)(=O)O. The molecule has 0 saturated heterocycles. The molecule has 0 aromatic heterocycles. The average molecular weight is 150 g/mol. The first kappa shape index (κ1) is 8.65. The van der Waals surface area contributed by atoms with Gasteiger partial charge in [-0.05, 0) is 13.3 Å². The molecule has 0 radical (unpaired) electrons. The van der Waals surface area contributed by atoms with E-state index in [0.29, 0.717) is 6.42 Å². The van der Waals surface area contributed by atoms with E-state index in [2.05, 4.69) is 0 Å². The minimum absolute atomic E-state index is 0.0185. The van der Waals surface area contributed by atoms with Gasteiger partial charge in [-0.25, -0.2) is 0 Å². The Morgan fingerprint density at radius 3 is 2.22 bits per heavy atom. The third-order valence-electron chi connectivity index (χ3n) is 0.898. The van der Waals surface area contributed by atoms with E-state index in [1.165, 1.54) is 13.0 Å². The van der Waals surface area contributed by atoms with Crippen molar-refractivity contribution in [1.29, 1.82) is 0 Å². The highest BCUT2D eigenvalue weighted by atomic mass is 32.2. The Morgan fingerprint density at radius 1 is 1.67 bits per heavy atom. The first-order chi connectivity index (χ1) is 3.98. The smallest absolute Gasteiger partial charge is 0.282 e. The molecule has 3 nitrogen and oxygen atoms in total. The molecule has 1 N–H and O–H groups in total. The first-order valence-corrected chi connectivity index (χ1v) is 4.06. The van der Waals surface area contributed by atoms with Crippen LogP contribution in [0, 0.1) is 0 Å². The fourth-order valence-corrected chi connectivity index (χ4v) is 0.770. The van der Waals surface area contributed by atoms with Crippen molar-refractivity contribution in [3.05, 3.63) is 11.0 Å². The molecule has 0 fully saturated rings. The molecule has 0 aliphatic carbocycles. The van der Waals surface area contributed by atoms with E-state index in [-0.39, 0.29) is 4.91 Å². The van der Waals surface area contributed by atoms with Crippen molar-refractivity contribution in [1.82, 2.24) is 0 Å². The zero-order valence-corrected chi connectivity index (χ0v) is 6.27. The Labute approximate surface area is 55.1 Å². The standard InChI is InChI=1S/C5H10O3S/c1-3-4-5(2)9(6,7)8/h4H,3H2,1-2H3,(H,6,7,8). The average Bonchev–Trinajstić information content (AvgIpc) is 1.64. The van der Waals surface area contributed by atoms with Crippen molar-refractivity contribution in [2.24, 2.45) is 0 Å². The van der Waals surface area contributed by atoms with Gasteiger partial charge in [0.1, 0.15) is 0 Å². The highest BCUT2D eigenvalue weighted by Crippen LogP contribution is 2.02. The summed E-state index contributed by atoms with van der Waals surface area (Å²) in [5, 5.41) is 0. The summed E-state index contributed by atoms with van der Waals surface area (Å²) in [4.78, 5) is 0.0185. The molecule has 0 aliphatic heterocycles. The lowest BCUT2D eigenvalue weighted by Gasteiger charge is -1.91. The van der Waals surface area contributed by atoms with Gasteiger partial charge in [-0.2, -0.15) is 8.42 Å². The van der Waals surface area contributed by atoms with Crippen LogP contribution in [-0.4, -0.2) is 13.0 Å². The van der Waals surface area contributed by atoms with Gasteiger partial charge in [0.15, 0.2) is 0 Å². The van der Waals surface area contributed by atoms with Crippen molar-refractivity contribution in [2.45, 2.75) is 20.3 Å². The maximum Gasteiger partial charge on any atom is 0.290 e. The molecular formula is C5H10O3S. The molecule has 0 amide bonds. The summed E-state index contributed by atoms with van der Waals surface area (Å²) >= 11 is 0. The molecule has 0 atom stereocenters. The van der Waals surface area contributed by atoms with Gasteiger partial charge in [-0.1, -0.05) is 13.0 Å². The van der Waals surface area contributed by atoms with Crippen LogP contribution < -0.4 is 0 Å². The van der Waals surface area contributed by atoms with E-state index in [9.17, 15) is 8.42 Å². The summed E-state index contributed by atoms with van der Waals surface area (Å²) in [6.07, 6.45) is 2.07. The van der Waals surface area contributed by atoms with Gasteiger partial charge in [0, 0.05) is 0 Å². The minimum atomic E-state index is -3.90. The predicted octanol–water partition coefficient (Wildman–Crippen LogP) is 1.19. The topological polar surface area (TPSA) is 54.4 Å². The van der Waals surface area contributed by atoms with Gasteiger partial charge < -0.3 is 0 Å². The van der Waals surface area contributed by atoms with Crippen LogP contribution in [0.3, 0.4) is 0 Å². The van der Waals surface area contributed by atoms with Gasteiger partial charge in [-0.3, -0.25) is 4.55 Å². The van der Waals surface area contributed by atoms with Crippen LogP contribution in [0.15, 0.2) is 11.0 Å². The van der Waals surface area contributed by atoms with E-state index in [0.717, 1.165) is 0 Å². The first-order valence-electron chi connectivity index (χ1n) is 2.62. The van der Waals surface area contributed by atoms with Gasteiger partial charge in [0.25, 0.3) is 10.1 Å². The minimum Gasteiger partial charge on any atom is -0.282 e. The third kappa shape index (κ3) is 3.26. The molecule has 54 valence electrons. The number of hydrogen-bond acceptors (Lipinski definition) is 2. The summed E-state index contributed by atoms with van der Waals surface area (Å²) in [6, 6.07) is 0. The van der Waals surface area contributed by atoms with Gasteiger partial charge >= 0.3 is 0 Å². The van der Waals surface area contributed by atoms with Gasteiger partial charge in [0.05, 0.1) is 4.91 Å². The van der Waals surface area contributed by atoms with Crippen LogP contribution >= 0.6 is 0 Å². The van der Waals surface area contributed by atoms with Gasteiger partial charge in [-0.15, -0.1) is 0 Å². The van der Waals surface area contributed by atoms with Crippen molar-refractivity contribution >= 4 is 10.1 Å². The molecule has 0 aromatic rings. The van der Waals surface area contributed by atoms with E-state index in [1.54, 1.807) is 6.92 Å². The Hall–Kier alpha value is -0.350. The Morgan fingerprint density at radius 2 is 2.11 bits per heavy atom. The Kier molecular flexibility index (Phi) is 2.87. The lowest BCUT2D eigenvalue weighted by atomic mass is 10.4.